The molecule has 0 spiro atoms. The summed E-state index contributed by atoms with van der Waals surface area (Å²) in [7, 11) is 0. The van der Waals surface area contributed by atoms with E-state index in [1.54, 1.807) is 11.0 Å². The number of ether oxygens (including phenoxy) is 1. The average Bonchev–Trinajstić information content (AvgIpc) is 2.55. The first-order valence-electron chi connectivity index (χ1n) is 7.93. The van der Waals surface area contributed by atoms with Gasteiger partial charge in [0.15, 0.2) is 0 Å². The highest BCUT2D eigenvalue weighted by molar-refractivity contribution is 6.03. The minimum absolute atomic E-state index is 0.0213. The molecule has 23 heavy (non-hydrogen) atoms. The Morgan fingerprint density at radius 3 is 2.48 bits per heavy atom. The Bertz CT molecular complexity index is 674. The van der Waals surface area contributed by atoms with Gasteiger partial charge in [0.1, 0.15) is 5.75 Å². The van der Waals surface area contributed by atoms with Gasteiger partial charge in [0.05, 0.1) is 6.61 Å². The van der Waals surface area contributed by atoms with E-state index < -0.39 is 0 Å². The van der Waals surface area contributed by atoms with Crippen molar-refractivity contribution in [2.45, 2.75) is 20.8 Å². The molecular weight excluding hydrogens is 286 g/mol. The number of carbonyl (C=O) groups is 1. The first-order chi connectivity index (χ1) is 11.1. The molecule has 3 heteroatoms. The second-order valence-electron chi connectivity index (χ2n) is 5.26. The van der Waals surface area contributed by atoms with E-state index in [-0.39, 0.29) is 5.91 Å². The van der Waals surface area contributed by atoms with Crippen LogP contribution in [0.1, 0.15) is 25.0 Å². The van der Waals surface area contributed by atoms with Crippen LogP contribution in [0.25, 0.3) is 6.08 Å². The fraction of sp³-hybridized carbons (Fsp3) is 0.250. The van der Waals surface area contributed by atoms with Crippen molar-refractivity contribution in [2.24, 2.45) is 0 Å². The van der Waals surface area contributed by atoms with Gasteiger partial charge < -0.3 is 9.64 Å². The van der Waals surface area contributed by atoms with Gasteiger partial charge in [-0.1, -0.05) is 24.3 Å². The van der Waals surface area contributed by atoms with Crippen molar-refractivity contribution in [1.29, 1.82) is 0 Å². The van der Waals surface area contributed by atoms with E-state index in [0.717, 1.165) is 22.6 Å². The Balaban J connectivity index is 2.09. The molecule has 0 heterocycles. The molecule has 120 valence electrons. The van der Waals surface area contributed by atoms with Crippen LogP contribution >= 0.6 is 0 Å². The van der Waals surface area contributed by atoms with Crippen LogP contribution in [0, 0.1) is 6.92 Å². The zero-order chi connectivity index (χ0) is 16.7. The number of benzene rings is 2. The number of nitrogens with zero attached hydrogens (tertiary/aromatic N) is 1. The summed E-state index contributed by atoms with van der Waals surface area (Å²) < 4.78 is 5.41. The normalized spacial score (nSPS) is 10.7. The maximum atomic E-state index is 12.4. The van der Waals surface area contributed by atoms with Crippen molar-refractivity contribution < 1.29 is 9.53 Å². The predicted molar refractivity (Wildman–Crippen MR) is 95.9 cm³/mol. The number of carbonyl (C=O) groups excluding carboxylic acids is 1. The molecule has 3 nitrogen and oxygen atoms in total. The quantitative estimate of drug-likeness (QED) is 0.737. The maximum absolute atomic E-state index is 12.4. The second kappa shape index (κ2) is 8.18. The number of anilines is 1. The minimum Gasteiger partial charge on any atom is -0.494 e. The van der Waals surface area contributed by atoms with Gasteiger partial charge in [-0.3, -0.25) is 4.79 Å². The number of hydrogen-bond donors (Lipinski definition) is 0. The number of likely N-dealkylation sites (N-methyl/N-ethyl adjacent to an activating group) is 1. The summed E-state index contributed by atoms with van der Waals surface area (Å²) in [6, 6.07) is 15.7. The molecular formula is C20H23NO2. The number of hydrogen-bond acceptors (Lipinski definition) is 2. The molecule has 0 saturated carbocycles. The Kier molecular flexibility index (Phi) is 5.98. The molecule has 0 aliphatic rings. The van der Waals surface area contributed by atoms with E-state index in [9.17, 15) is 4.79 Å². The number of aryl methyl sites for hydroxylation is 1. The van der Waals surface area contributed by atoms with Gasteiger partial charge in [-0.25, -0.2) is 0 Å². The SMILES string of the molecule is CCOc1ccc(/C=C/C(=O)N(CC)c2cccc(C)c2)cc1. The van der Waals surface area contributed by atoms with Crippen molar-refractivity contribution in [3.63, 3.8) is 0 Å². The summed E-state index contributed by atoms with van der Waals surface area (Å²) in [5.41, 5.74) is 3.04. The summed E-state index contributed by atoms with van der Waals surface area (Å²) in [4.78, 5) is 14.2. The third-order valence-electron chi connectivity index (χ3n) is 3.51. The van der Waals surface area contributed by atoms with Crippen molar-refractivity contribution in [2.75, 3.05) is 18.1 Å². The van der Waals surface area contributed by atoms with Crippen LogP contribution in [0.3, 0.4) is 0 Å². The van der Waals surface area contributed by atoms with Crippen molar-refractivity contribution >= 4 is 17.7 Å². The zero-order valence-corrected chi connectivity index (χ0v) is 14.0. The van der Waals surface area contributed by atoms with Gasteiger partial charge in [0.2, 0.25) is 0 Å². The van der Waals surface area contributed by atoms with Crippen LogP contribution in [-0.2, 0) is 4.79 Å². The van der Waals surface area contributed by atoms with Gasteiger partial charge in [0, 0.05) is 18.3 Å². The summed E-state index contributed by atoms with van der Waals surface area (Å²) in [6.45, 7) is 7.24. The lowest BCUT2D eigenvalue weighted by Crippen LogP contribution is -2.28. The van der Waals surface area contributed by atoms with Crippen molar-refractivity contribution in [3.8, 4) is 5.75 Å². The van der Waals surface area contributed by atoms with Gasteiger partial charge in [-0.15, -0.1) is 0 Å². The van der Waals surface area contributed by atoms with Crippen LogP contribution in [0.4, 0.5) is 5.69 Å². The van der Waals surface area contributed by atoms with Gasteiger partial charge in [-0.2, -0.15) is 0 Å². The first kappa shape index (κ1) is 16.8. The molecule has 0 radical (unpaired) electrons. The first-order valence-corrected chi connectivity index (χ1v) is 7.93. The number of amides is 1. The van der Waals surface area contributed by atoms with Crippen LogP contribution < -0.4 is 9.64 Å². The standard InChI is InChI=1S/C20H23NO2/c1-4-21(18-8-6-7-16(3)15-18)20(22)14-11-17-9-12-19(13-10-17)23-5-2/h6-15H,4-5H2,1-3H3/b14-11+. The summed E-state index contributed by atoms with van der Waals surface area (Å²) >= 11 is 0. The van der Waals surface area contributed by atoms with Crippen LogP contribution in [-0.4, -0.2) is 19.1 Å². The predicted octanol–water partition coefficient (Wildman–Crippen LogP) is 4.46. The topological polar surface area (TPSA) is 29.5 Å². The van der Waals surface area contributed by atoms with Crippen molar-refractivity contribution in [1.82, 2.24) is 0 Å². The van der Waals surface area contributed by atoms with Crippen LogP contribution in [0.5, 0.6) is 5.75 Å². The molecule has 0 aromatic heterocycles. The molecule has 0 fully saturated rings. The van der Waals surface area contributed by atoms with E-state index in [1.807, 2.05) is 75.4 Å². The largest absolute Gasteiger partial charge is 0.494 e. The molecule has 2 aromatic carbocycles. The second-order valence-corrected chi connectivity index (χ2v) is 5.26. The van der Waals surface area contributed by atoms with E-state index >= 15 is 0 Å². The molecule has 0 aliphatic heterocycles. The Hall–Kier alpha value is -2.55. The van der Waals surface area contributed by atoms with Gasteiger partial charge in [-0.05, 0) is 62.2 Å². The Labute approximate surface area is 138 Å². The van der Waals surface area contributed by atoms with Crippen LogP contribution in [0.2, 0.25) is 0 Å². The molecule has 2 aromatic rings. The van der Waals surface area contributed by atoms with E-state index in [1.165, 1.54) is 0 Å². The molecule has 2 rings (SSSR count). The van der Waals surface area contributed by atoms with Gasteiger partial charge >= 0.3 is 0 Å². The fourth-order valence-electron chi connectivity index (χ4n) is 2.36. The maximum Gasteiger partial charge on any atom is 0.250 e. The molecule has 0 aliphatic carbocycles. The molecule has 0 bridgehead atoms. The minimum atomic E-state index is -0.0213. The third kappa shape index (κ3) is 4.71. The lowest BCUT2D eigenvalue weighted by atomic mass is 10.2. The van der Waals surface area contributed by atoms with Crippen LogP contribution in [0.15, 0.2) is 54.6 Å². The average molecular weight is 309 g/mol. The fourth-order valence-corrected chi connectivity index (χ4v) is 2.36. The molecule has 0 saturated heterocycles. The third-order valence-corrected chi connectivity index (χ3v) is 3.51. The summed E-state index contributed by atoms with van der Waals surface area (Å²) in [6.07, 6.45) is 3.44. The number of rotatable bonds is 6. The molecule has 0 N–H and O–H groups in total. The highest BCUT2D eigenvalue weighted by atomic mass is 16.5. The highest BCUT2D eigenvalue weighted by Gasteiger charge is 2.10. The Morgan fingerprint density at radius 2 is 1.87 bits per heavy atom. The van der Waals surface area contributed by atoms with E-state index in [2.05, 4.69) is 0 Å². The van der Waals surface area contributed by atoms with Gasteiger partial charge in [0.25, 0.3) is 5.91 Å². The zero-order valence-electron chi connectivity index (χ0n) is 14.0. The molecule has 0 unspecified atom stereocenters. The molecule has 0 atom stereocenters. The smallest absolute Gasteiger partial charge is 0.250 e. The summed E-state index contributed by atoms with van der Waals surface area (Å²) in [5, 5.41) is 0. The summed E-state index contributed by atoms with van der Waals surface area (Å²) in [5.74, 6) is 0.818. The highest BCUT2D eigenvalue weighted by Crippen LogP contribution is 2.17. The molecule has 1 amide bonds. The monoisotopic (exact) mass is 309 g/mol. The van der Waals surface area contributed by atoms with Crippen molar-refractivity contribution in [3.05, 3.63) is 65.7 Å². The van der Waals surface area contributed by atoms with E-state index in [4.69, 9.17) is 4.74 Å². The lowest BCUT2D eigenvalue weighted by Gasteiger charge is -2.19. The lowest BCUT2D eigenvalue weighted by molar-refractivity contribution is -0.114. The Morgan fingerprint density at radius 1 is 1.13 bits per heavy atom. The van der Waals surface area contributed by atoms with E-state index in [0.29, 0.717) is 13.2 Å².